The van der Waals surface area contributed by atoms with Gasteiger partial charge in [0.2, 0.25) is 0 Å². The molecule has 0 aliphatic rings. The van der Waals surface area contributed by atoms with Gasteiger partial charge in [0.05, 0.1) is 19.6 Å². The van der Waals surface area contributed by atoms with E-state index in [-0.39, 0.29) is 42.8 Å². The zero-order valence-electron chi connectivity index (χ0n) is 17.9. The van der Waals surface area contributed by atoms with E-state index in [2.05, 4.69) is 6.92 Å². The Morgan fingerprint density at radius 3 is 1.93 bits per heavy atom. The Labute approximate surface area is 192 Å². The van der Waals surface area contributed by atoms with Gasteiger partial charge in [-0.1, -0.05) is 65.7 Å². The van der Waals surface area contributed by atoms with Crippen LogP contribution in [0.3, 0.4) is 0 Å². The number of rotatable bonds is 16. The Hall–Kier alpha value is -0.150. The Bertz CT molecular complexity index is 520. The molecule has 28 heavy (non-hydrogen) atoms. The van der Waals surface area contributed by atoms with Crippen LogP contribution in [0.1, 0.15) is 85.0 Å². The normalized spacial score (nSPS) is 12.3. The molecule has 0 aliphatic heterocycles. The minimum absolute atomic E-state index is 0. The molecule has 0 bridgehead atoms. The molecule has 0 aromatic carbocycles. The monoisotopic (exact) mass is 431 g/mol. The summed E-state index contributed by atoms with van der Waals surface area (Å²) >= 11 is 0. The van der Waals surface area contributed by atoms with Crippen LogP contribution >= 0.6 is 0 Å². The molecule has 7 nitrogen and oxygen atoms in total. The molecule has 0 amide bonds. The van der Waals surface area contributed by atoms with Crippen LogP contribution in [0.4, 0.5) is 0 Å². The zero-order chi connectivity index (χ0) is 20.7. The molecule has 0 heterocycles. The molecule has 0 spiro atoms. The minimum atomic E-state index is -4.74. The van der Waals surface area contributed by atoms with E-state index in [9.17, 15) is 22.6 Å². The van der Waals surface area contributed by atoms with Crippen LogP contribution in [0.5, 0.6) is 0 Å². The smallest absolute Gasteiger partial charge is 0.327 e. The van der Waals surface area contributed by atoms with E-state index in [4.69, 9.17) is 9.47 Å². The van der Waals surface area contributed by atoms with Gasteiger partial charge in [0.1, 0.15) is 0 Å². The maximum Gasteiger partial charge on any atom is 0.327 e. The molecule has 9 heteroatoms. The second-order valence-corrected chi connectivity index (χ2v) is 8.85. The van der Waals surface area contributed by atoms with Gasteiger partial charge in [0, 0.05) is 29.6 Å². The van der Waals surface area contributed by atoms with Crippen molar-refractivity contribution in [1.29, 1.82) is 0 Å². The Morgan fingerprint density at radius 2 is 1.43 bits per heavy atom. The third kappa shape index (κ3) is 16.8. The van der Waals surface area contributed by atoms with Gasteiger partial charge >= 0.3 is 11.9 Å². The first-order valence-corrected chi connectivity index (χ1v) is 11.5. The molecule has 1 radical (unpaired) electrons. The fourth-order valence-corrected chi connectivity index (χ4v) is 3.09. The average molecular weight is 432 g/mol. The second-order valence-electron chi connectivity index (χ2n) is 7.25. The summed E-state index contributed by atoms with van der Waals surface area (Å²) in [6, 6.07) is 0. The molecule has 161 valence electrons. The van der Waals surface area contributed by atoms with Gasteiger partial charge in [0.25, 0.3) is 10.1 Å². The summed E-state index contributed by atoms with van der Waals surface area (Å²) in [5.41, 5.74) is 0. The predicted molar refractivity (Wildman–Crippen MR) is 110 cm³/mol. The molecule has 0 rings (SSSR count). The fourth-order valence-electron chi connectivity index (χ4n) is 2.43. The Morgan fingerprint density at radius 1 is 0.893 bits per heavy atom. The van der Waals surface area contributed by atoms with E-state index in [0.29, 0.717) is 18.8 Å². The Balaban J connectivity index is 0. The summed E-state index contributed by atoms with van der Waals surface area (Å²) in [6.45, 7) is 6.29. The van der Waals surface area contributed by atoms with Crippen LogP contribution in [0.2, 0.25) is 0 Å². The van der Waals surface area contributed by atoms with Crippen molar-refractivity contribution in [1.82, 2.24) is 0 Å². The van der Waals surface area contributed by atoms with E-state index in [0.717, 1.165) is 19.3 Å². The number of hydrogen-bond donors (Lipinski definition) is 1. The first kappa shape index (κ1) is 30.0. The number of ether oxygens (including phenoxy) is 2. The SMILES string of the molecule is CCCCCCCCCCOC(=O)C(CC(=O)OCCC(C)C)S(=O)(=O)O.[Na]. The second kappa shape index (κ2) is 17.7. The van der Waals surface area contributed by atoms with E-state index < -0.39 is 33.7 Å². The molecular weight excluding hydrogens is 395 g/mol. The molecule has 0 saturated heterocycles. The third-order valence-corrected chi connectivity index (χ3v) is 5.25. The zero-order valence-corrected chi connectivity index (χ0v) is 20.8. The maximum absolute atomic E-state index is 11.9. The van der Waals surface area contributed by atoms with Gasteiger partial charge in [-0.05, 0) is 18.8 Å². The quantitative estimate of drug-likeness (QED) is 0.172. The number of hydrogen-bond acceptors (Lipinski definition) is 6. The molecule has 0 fully saturated rings. The Kier molecular flexibility index (Phi) is 19.0. The van der Waals surface area contributed by atoms with Crippen molar-refractivity contribution in [2.24, 2.45) is 5.92 Å². The van der Waals surface area contributed by atoms with Crippen molar-refractivity contribution < 1.29 is 32.0 Å². The molecule has 1 atom stereocenters. The van der Waals surface area contributed by atoms with Gasteiger partial charge in [-0.25, -0.2) is 0 Å². The van der Waals surface area contributed by atoms with Crippen molar-refractivity contribution in [2.45, 2.75) is 90.2 Å². The van der Waals surface area contributed by atoms with Gasteiger partial charge in [-0.2, -0.15) is 8.42 Å². The van der Waals surface area contributed by atoms with E-state index >= 15 is 0 Å². The number of esters is 2. The van der Waals surface area contributed by atoms with Crippen molar-refractivity contribution in [3.63, 3.8) is 0 Å². The van der Waals surface area contributed by atoms with Gasteiger partial charge in [0.15, 0.2) is 5.25 Å². The van der Waals surface area contributed by atoms with E-state index in [1.807, 2.05) is 13.8 Å². The summed E-state index contributed by atoms with van der Waals surface area (Å²) in [5, 5.41) is -1.93. The van der Waals surface area contributed by atoms with Crippen LogP contribution < -0.4 is 0 Å². The van der Waals surface area contributed by atoms with Crippen molar-refractivity contribution >= 4 is 51.6 Å². The standard InChI is InChI=1S/C19H36O7S.Na/c1-4-5-6-7-8-9-10-11-13-26-19(21)17(27(22,23)24)15-18(20)25-14-12-16(2)3;/h16-17H,4-15H2,1-3H3,(H,22,23,24);. The van der Waals surface area contributed by atoms with Gasteiger partial charge in [-0.15, -0.1) is 0 Å². The topological polar surface area (TPSA) is 107 Å². The predicted octanol–water partition coefficient (Wildman–Crippen LogP) is 3.53. The molecule has 0 saturated carbocycles. The fraction of sp³-hybridized carbons (Fsp3) is 0.895. The van der Waals surface area contributed by atoms with Crippen molar-refractivity contribution in [3.8, 4) is 0 Å². The number of unbranched alkanes of at least 4 members (excludes halogenated alkanes) is 7. The molecule has 1 N–H and O–H groups in total. The van der Waals surface area contributed by atoms with Gasteiger partial charge < -0.3 is 9.47 Å². The molecule has 0 aromatic heterocycles. The minimum Gasteiger partial charge on any atom is -0.466 e. The summed E-state index contributed by atoms with van der Waals surface area (Å²) in [7, 11) is -4.74. The summed E-state index contributed by atoms with van der Waals surface area (Å²) in [6.07, 6.45) is 8.42. The van der Waals surface area contributed by atoms with Crippen LogP contribution in [-0.4, -0.2) is 72.9 Å². The average Bonchev–Trinajstić information content (AvgIpc) is 2.56. The number of carbonyl (C=O) groups excluding carboxylic acids is 2. The summed E-state index contributed by atoms with van der Waals surface area (Å²) < 4.78 is 41.9. The third-order valence-electron chi connectivity index (χ3n) is 4.17. The van der Waals surface area contributed by atoms with Crippen LogP contribution in [0.25, 0.3) is 0 Å². The number of carbonyl (C=O) groups is 2. The first-order valence-electron chi connectivity index (χ1n) is 9.97. The van der Waals surface area contributed by atoms with Crippen LogP contribution in [0, 0.1) is 5.92 Å². The van der Waals surface area contributed by atoms with Gasteiger partial charge in [-0.3, -0.25) is 14.1 Å². The molecule has 1 unspecified atom stereocenters. The largest absolute Gasteiger partial charge is 0.466 e. The van der Waals surface area contributed by atoms with Crippen molar-refractivity contribution in [2.75, 3.05) is 13.2 Å². The van der Waals surface area contributed by atoms with E-state index in [1.54, 1.807) is 0 Å². The first-order chi connectivity index (χ1) is 12.7. The summed E-state index contributed by atoms with van der Waals surface area (Å²) in [5.74, 6) is -1.63. The molecule has 0 aromatic rings. The summed E-state index contributed by atoms with van der Waals surface area (Å²) in [4.78, 5) is 23.6. The van der Waals surface area contributed by atoms with Crippen LogP contribution in [0.15, 0.2) is 0 Å². The van der Waals surface area contributed by atoms with Crippen molar-refractivity contribution in [3.05, 3.63) is 0 Å². The maximum atomic E-state index is 11.9. The molecule has 0 aliphatic carbocycles. The van der Waals surface area contributed by atoms with E-state index in [1.165, 1.54) is 25.7 Å². The van der Waals surface area contributed by atoms with Crippen LogP contribution in [-0.2, 0) is 29.2 Å². The molecular formula is C19H36NaO7S.